The topological polar surface area (TPSA) is 89.7 Å². The van der Waals surface area contributed by atoms with Crippen molar-refractivity contribution in [2.75, 3.05) is 26.3 Å². The summed E-state index contributed by atoms with van der Waals surface area (Å²) in [5.41, 5.74) is 1.66. The lowest BCUT2D eigenvalue weighted by Gasteiger charge is -2.27. The molecule has 2 rings (SSSR count). The van der Waals surface area contributed by atoms with Crippen LogP contribution in [-0.4, -0.2) is 45.5 Å². The van der Waals surface area contributed by atoms with Crippen molar-refractivity contribution in [2.45, 2.75) is 18.7 Å². The van der Waals surface area contributed by atoms with Gasteiger partial charge in [0.25, 0.3) is 5.91 Å². The number of nitrogens with zero attached hydrogens (tertiary/aromatic N) is 1. The van der Waals surface area contributed by atoms with Gasteiger partial charge in [0.2, 0.25) is 10.0 Å². The second-order valence-corrected chi connectivity index (χ2v) is 6.41. The fraction of sp³-hybridized carbons (Fsp3) is 0.462. The first-order valence-corrected chi connectivity index (χ1v) is 7.86. The van der Waals surface area contributed by atoms with E-state index in [-0.39, 0.29) is 10.8 Å². The van der Waals surface area contributed by atoms with Crippen molar-refractivity contribution in [2.24, 2.45) is 5.14 Å². The molecular weight excluding hydrogens is 280 g/mol. The summed E-state index contributed by atoms with van der Waals surface area (Å²) in [6.07, 6.45) is 0. The zero-order valence-corrected chi connectivity index (χ0v) is 12.4. The molecule has 1 aliphatic rings. The van der Waals surface area contributed by atoms with Crippen LogP contribution in [0.2, 0.25) is 0 Å². The van der Waals surface area contributed by atoms with Crippen LogP contribution in [0.25, 0.3) is 0 Å². The Morgan fingerprint density at radius 2 is 1.80 bits per heavy atom. The number of hydrogen-bond acceptors (Lipinski definition) is 4. The van der Waals surface area contributed by atoms with Crippen LogP contribution in [0.15, 0.2) is 17.0 Å². The molecule has 0 saturated carbocycles. The van der Waals surface area contributed by atoms with E-state index in [1.165, 1.54) is 6.07 Å². The standard InChI is InChI=1S/C13H18N2O4S/c1-9-7-10(2)12(20(14,17)18)8-11(9)13(16)15-3-5-19-6-4-15/h7-8H,3-6H2,1-2H3,(H2,14,17,18). The van der Waals surface area contributed by atoms with Gasteiger partial charge in [-0.1, -0.05) is 6.07 Å². The number of morpholine rings is 1. The molecule has 0 radical (unpaired) electrons. The van der Waals surface area contributed by atoms with Crippen LogP contribution < -0.4 is 5.14 Å². The zero-order chi connectivity index (χ0) is 14.9. The molecule has 2 N–H and O–H groups in total. The maximum absolute atomic E-state index is 12.4. The fourth-order valence-electron chi connectivity index (χ4n) is 2.31. The summed E-state index contributed by atoms with van der Waals surface area (Å²) < 4.78 is 28.3. The normalized spacial score (nSPS) is 16.2. The quantitative estimate of drug-likeness (QED) is 0.857. The second-order valence-electron chi connectivity index (χ2n) is 4.88. The van der Waals surface area contributed by atoms with E-state index in [2.05, 4.69) is 0 Å². The van der Waals surface area contributed by atoms with Gasteiger partial charge in [-0.2, -0.15) is 0 Å². The summed E-state index contributed by atoms with van der Waals surface area (Å²) in [5, 5.41) is 5.18. The highest BCUT2D eigenvalue weighted by Crippen LogP contribution is 2.21. The largest absolute Gasteiger partial charge is 0.378 e. The van der Waals surface area contributed by atoms with Gasteiger partial charge in [0, 0.05) is 18.7 Å². The lowest BCUT2D eigenvalue weighted by atomic mass is 10.0. The van der Waals surface area contributed by atoms with E-state index in [1.807, 2.05) is 0 Å². The number of carbonyl (C=O) groups excluding carboxylic acids is 1. The van der Waals surface area contributed by atoms with Crippen molar-refractivity contribution in [1.82, 2.24) is 4.90 Å². The SMILES string of the molecule is Cc1cc(C)c(S(N)(=O)=O)cc1C(=O)N1CCOCC1. The Balaban J connectivity index is 2.43. The molecule has 0 unspecified atom stereocenters. The Bertz CT molecular complexity index is 634. The van der Waals surface area contributed by atoms with E-state index in [0.717, 1.165) is 5.56 Å². The highest BCUT2D eigenvalue weighted by atomic mass is 32.2. The fourth-order valence-corrected chi connectivity index (χ4v) is 3.10. The summed E-state index contributed by atoms with van der Waals surface area (Å²) in [4.78, 5) is 14.1. The molecule has 1 aromatic rings. The van der Waals surface area contributed by atoms with Crippen LogP contribution in [0, 0.1) is 13.8 Å². The molecule has 1 amide bonds. The number of primary sulfonamides is 1. The smallest absolute Gasteiger partial charge is 0.254 e. The van der Waals surface area contributed by atoms with Crippen molar-refractivity contribution < 1.29 is 17.9 Å². The highest BCUT2D eigenvalue weighted by molar-refractivity contribution is 7.89. The van der Waals surface area contributed by atoms with Gasteiger partial charge in [-0.3, -0.25) is 4.79 Å². The molecule has 1 heterocycles. The minimum absolute atomic E-state index is 0.000269. The highest BCUT2D eigenvalue weighted by Gasteiger charge is 2.23. The number of carbonyl (C=O) groups is 1. The van der Waals surface area contributed by atoms with Gasteiger partial charge >= 0.3 is 0 Å². The molecule has 1 fully saturated rings. The van der Waals surface area contributed by atoms with Gasteiger partial charge in [0.05, 0.1) is 18.1 Å². The van der Waals surface area contributed by atoms with E-state index in [9.17, 15) is 13.2 Å². The Kier molecular flexibility index (Phi) is 4.12. The van der Waals surface area contributed by atoms with Crippen molar-refractivity contribution >= 4 is 15.9 Å². The van der Waals surface area contributed by atoms with Crippen LogP contribution in [0.3, 0.4) is 0 Å². The van der Waals surface area contributed by atoms with Crippen LogP contribution in [0.5, 0.6) is 0 Å². The molecule has 7 heteroatoms. The summed E-state index contributed by atoms with van der Waals surface area (Å²) in [6.45, 7) is 5.47. The van der Waals surface area contributed by atoms with Crippen LogP contribution in [0.4, 0.5) is 0 Å². The molecule has 20 heavy (non-hydrogen) atoms. The Hall–Kier alpha value is -1.44. The van der Waals surface area contributed by atoms with Gasteiger partial charge in [0.15, 0.2) is 0 Å². The van der Waals surface area contributed by atoms with Gasteiger partial charge in [0.1, 0.15) is 0 Å². The van der Waals surface area contributed by atoms with Crippen LogP contribution in [0.1, 0.15) is 21.5 Å². The lowest BCUT2D eigenvalue weighted by molar-refractivity contribution is 0.0302. The van der Waals surface area contributed by atoms with Crippen LogP contribution >= 0.6 is 0 Å². The number of benzene rings is 1. The molecule has 0 aromatic heterocycles. The monoisotopic (exact) mass is 298 g/mol. The van der Waals surface area contributed by atoms with Crippen molar-refractivity contribution in [3.63, 3.8) is 0 Å². The van der Waals surface area contributed by atoms with Crippen molar-refractivity contribution in [1.29, 1.82) is 0 Å². The Morgan fingerprint density at radius 1 is 1.20 bits per heavy atom. The minimum Gasteiger partial charge on any atom is -0.378 e. The zero-order valence-electron chi connectivity index (χ0n) is 11.5. The number of hydrogen-bond donors (Lipinski definition) is 1. The predicted molar refractivity (Wildman–Crippen MR) is 74.0 cm³/mol. The maximum atomic E-state index is 12.4. The number of sulfonamides is 1. The summed E-state index contributed by atoms with van der Waals surface area (Å²) in [6, 6.07) is 3.05. The molecule has 1 aliphatic heterocycles. The Morgan fingerprint density at radius 3 is 2.35 bits per heavy atom. The van der Waals surface area contributed by atoms with E-state index >= 15 is 0 Å². The third-order valence-electron chi connectivity index (χ3n) is 3.36. The first-order chi connectivity index (χ1) is 9.30. The summed E-state index contributed by atoms with van der Waals surface area (Å²) in [5.74, 6) is -0.185. The molecule has 1 aromatic carbocycles. The average Bonchev–Trinajstić information content (AvgIpc) is 2.37. The maximum Gasteiger partial charge on any atom is 0.254 e. The number of rotatable bonds is 2. The molecule has 0 atom stereocenters. The summed E-state index contributed by atoms with van der Waals surface area (Å²) >= 11 is 0. The first-order valence-electron chi connectivity index (χ1n) is 6.32. The van der Waals surface area contributed by atoms with Crippen molar-refractivity contribution in [3.05, 3.63) is 28.8 Å². The molecule has 1 saturated heterocycles. The molecule has 0 bridgehead atoms. The third-order valence-corrected chi connectivity index (χ3v) is 4.41. The van der Waals surface area contributed by atoms with Crippen LogP contribution in [-0.2, 0) is 14.8 Å². The Labute approximate surface area is 118 Å². The molecule has 0 aliphatic carbocycles. The first kappa shape index (κ1) is 15.0. The number of aryl methyl sites for hydroxylation is 2. The van der Waals surface area contributed by atoms with Gasteiger partial charge in [-0.15, -0.1) is 0 Å². The molecule has 6 nitrogen and oxygen atoms in total. The number of nitrogens with two attached hydrogens (primary N) is 1. The number of ether oxygens (including phenoxy) is 1. The van der Waals surface area contributed by atoms with Gasteiger partial charge in [-0.05, 0) is 31.0 Å². The van der Waals surface area contributed by atoms with E-state index in [1.54, 1.807) is 24.8 Å². The minimum atomic E-state index is -3.83. The summed E-state index contributed by atoms with van der Waals surface area (Å²) in [7, 11) is -3.83. The molecular formula is C13H18N2O4S. The third kappa shape index (κ3) is 3.00. The average molecular weight is 298 g/mol. The van der Waals surface area contributed by atoms with E-state index in [0.29, 0.717) is 37.4 Å². The second kappa shape index (κ2) is 5.51. The van der Waals surface area contributed by atoms with Gasteiger partial charge < -0.3 is 9.64 Å². The van der Waals surface area contributed by atoms with E-state index in [4.69, 9.17) is 9.88 Å². The predicted octanol–water partition coefficient (Wildman–Crippen LogP) is 0.423. The van der Waals surface area contributed by atoms with E-state index < -0.39 is 10.0 Å². The van der Waals surface area contributed by atoms with Crippen molar-refractivity contribution in [3.8, 4) is 0 Å². The molecule has 0 spiro atoms. The molecule has 110 valence electrons. The lowest BCUT2D eigenvalue weighted by Crippen LogP contribution is -2.41. The number of amides is 1. The van der Waals surface area contributed by atoms with Gasteiger partial charge in [-0.25, -0.2) is 13.6 Å².